The average Bonchev–Trinajstić information content (AvgIpc) is 2.78. The summed E-state index contributed by atoms with van der Waals surface area (Å²) in [5, 5.41) is 2.75. The van der Waals surface area contributed by atoms with Crippen molar-refractivity contribution in [3.63, 3.8) is 0 Å². The van der Waals surface area contributed by atoms with Gasteiger partial charge in [0.05, 0.1) is 24.1 Å². The number of hydrogen-bond acceptors (Lipinski definition) is 3. The van der Waals surface area contributed by atoms with Gasteiger partial charge in [-0.25, -0.2) is 12.8 Å². The summed E-state index contributed by atoms with van der Waals surface area (Å²) in [5.74, 6) is -0.679. The number of nitrogens with one attached hydrogen (secondary N) is 1. The fraction of sp³-hybridized carbons (Fsp3) is 0.208. The van der Waals surface area contributed by atoms with E-state index in [1.54, 1.807) is 24.3 Å². The first-order valence-corrected chi connectivity index (χ1v) is 12.0. The molecule has 3 aromatic rings. The van der Waals surface area contributed by atoms with Crippen LogP contribution in [0.5, 0.6) is 0 Å². The molecule has 1 amide bonds. The predicted octanol–water partition coefficient (Wildman–Crippen LogP) is 4.78. The molecule has 0 aliphatic carbocycles. The minimum Gasteiger partial charge on any atom is -0.352 e. The highest BCUT2D eigenvalue weighted by molar-refractivity contribution is 7.92. The summed E-state index contributed by atoms with van der Waals surface area (Å²) >= 11 is 0. The van der Waals surface area contributed by atoms with Crippen LogP contribution in [0.2, 0.25) is 0 Å². The Bertz CT molecular complexity index is 1240. The van der Waals surface area contributed by atoms with Crippen molar-refractivity contribution in [1.82, 2.24) is 5.32 Å². The fourth-order valence-corrected chi connectivity index (χ4v) is 4.12. The zero-order valence-electron chi connectivity index (χ0n) is 18.1. The number of sulfonamides is 1. The predicted molar refractivity (Wildman–Crippen MR) is 121 cm³/mol. The molecule has 3 aromatic carbocycles. The Morgan fingerprint density at radius 2 is 1.56 bits per heavy atom. The first-order valence-electron chi connectivity index (χ1n) is 10.2. The summed E-state index contributed by atoms with van der Waals surface area (Å²) in [6.45, 7) is 0.135. The van der Waals surface area contributed by atoms with E-state index < -0.39 is 21.8 Å². The van der Waals surface area contributed by atoms with Gasteiger partial charge in [0.2, 0.25) is 10.0 Å². The van der Waals surface area contributed by atoms with Crippen molar-refractivity contribution in [2.75, 3.05) is 17.1 Å². The molecule has 5 nitrogen and oxygen atoms in total. The molecule has 0 aliphatic rings. The number of benzene rings is 3. The second-order valence-electron chi connectivity index (χ2n) is 7.65. The Balaban J connectivity index is 1.67. The molecule has 0 saturated carbocycles. The van der Waals surface area contributed by atoms with E-state index in [1.165, 1.54) is 30.3 Å². The maximum atomic E-state index is 13.1. The lowest BCUT2D eigenvalue weighted by molar-refractivity contribution is -0.137. The molecule has 3 rings (SSSR count). The quantitative estimate of drug-likeness (QED) is 0.459. The number of alkyl halides is 3. The van der Waals surface area contributed by atoms with Crippen molar-refractivity contribution < 1.29 is 30.8 Å². The first-order chi connectivity index (χ1) is 15.9. The van der Waals surface area contributed by atoms with Crippen LogP contribution in [-0.4, -0.2) is 27.1 Å². The van der Waals surface area contributed by atoms with Gasteiger partial charge in [0.1, 0.15) is 5.82 Å². The molecule has 180 valence electrons. The third-order valence-electron chi connectivity index (χ3n) is 5.02. The Hall–Kier alpha value is -3.40. The van der Waals surface area contributed by atoms with Gasteiger partial charge in [0.15, 0.2) is 0 Å². The third kappa shape index (κ3) is 6.80. The van der Waals surface area contributed by atoms with Crippen LogP contribution in [0.25, 0.3) is 0 Å². The molecular weight excluding hydrogens is 472 g/mol. The Morgan fingerprint density at radius 3 is 2.15 bits per heavy atom. The molecule has 0 saturated heterocycles. The fourth-order valence-electron chi connectivity index (χ4n) is 3.24. The lowest BCUT2D eigenvalue weighted by Gasteiger charge is -2.23. The van der Waals surface area contributed by atoms with E-state index in [9.17, 15) is 30.8 Å². The number of rotatable bonds is 8. The summed E-state index contributed by atoms with van der Waals surface area (Å²) in [5.41, 5.74) is 0.636. The molecule has 1 N–H and O–H groups in total. The largest absolute Gasteiger partial charge is 0.416 e. The van der Waals surface area contributed by atoms with Crippen LogP contribution in [-0.2, 0) is 29.2 Å². The molecule has 0 aromatic heterocycles. The second kappa shape index (κ2) is 10.3. The normalized spacial score (nSPS) is 11.8. The topological polar surface area (TPSA) is 66.5 Å². The van der Waals surface area contributed by atoms with Crippen LogP contribution in [0.3, 0.4) is 0 Å². The highest BCUT2D eigenvalue weighted by atomic mass is 32.2. The van der Waals surface area contributed by atoms with Gasteiger partial charge in [-0.05, 0) is 60.0 Å². The minimum absolute atomic E-state index is 0.111. The second-order valence-corrected chi connectivity index (χ2v) is 9.55. The van der Waals surface area contributed by atoms with Gasteiger partial charge < -0.3 is 5.32 Å². The number of anilines is 1. The smallest absolute Gasteiger partial charge is 0.352 e. The molecule has 0 atom stereocenters. The van der Waals surface area contributed by atoms with E-state index in [4.69, 9.17) is 0 Å². The summed E-state index contributed by atoms with van der Waals surface area (Å²) in [7, 11) is -3.88. The van der Waals surface area contributed by atoms with Crippen LogP contribution in [0.1, 0.15) is 27.0 Å². The first kappa shape index (κ1) is 25.2. The maximum Gasteiger partial charge on any atom is 0.416 e. The summed E-state index contributed by atoms with van der Waals surface area (Å²) in [6, 6.07) is 16.1. The van der Waals surface area contributed by atoms with Crippen LogP contribution in [0.4, 0.5) is 23.2 Å². The van der Waals surface area contributed by atoms with Gasteiger partial charge in [-0.3, -0.25) is 9.10 Å². The van der Waals surface area contributed by atoms with Crippen molar-refractivity contribution in [2.24, 2.45) is 0 Å². The Kier molecular flexibility index (Phi) is 7.61. The molecule has 34 heavy (non-hydrogen) atoms. The van der Waals surface area contributed by atoms with Gasteiger partial charge >= 0.3 is 6.18 Å². The lowest BCUT2D eigenvalue weighted by Crippen LogP contribution is -2.29. The van der Waals surface area contributed by atoms with Gasteiger partial charge in [-0.1, -0.05) is 30.3 Å². The van der Waals surface area contributed by atoms with Crippen molar-refractivity contribution in [1.29, 1.82) is 0 Å². The molecular formula is C24H22F4N2O3S. The highest BCUT2D eigenvalue weighted by Gasteiger charge is 2.31. The summed E-state index contributed by atoms with van der Waals surface area (Å²) < 4.78 is 77.6. The number of carbonyl (C=O) groups excluding carboxylic acids is 1. The molecule has 0 unspecified atom stereocenters. The molecule has 10 heteroatoms. The van der Waals surface area contributed by atoms with E-state index in [2.05, 4.69) is 5.32 Å². The van der Waals surface area contributed by atoms with Crippen LogP contribution >= 0.6 is 0 Å². The molecule has 0 radical (unpaired) electrons. The van der Waals surface area contributed by atoms with Gasteiger partial charge in [0.25, 0.3) is 5.91 Å². The van der Waals surface area contributed by atoms with Crippen LogP contribution in [0, 0.1) is 5.82 Å². The number of amides is 1. The molecule has 0 aliphatic heterocycles. The Labute approximate surface area is 195 Å². The minimum atomic E-state index is -4.61. The zero-order valence-corrected chi connectivity index (χ0v) is 19.0. The number of nitrogens with zero attached hydrogens (tertiary/aromatic N) is 1. The molecule has 0 heterocycles. The van der Waals surface area contributed by atoms with Crippen LogP contribution < -0.4 is 9.62 Å². The van der Waals surface area contributed by atoms with Gasteiger partial charge in [0, 0.05) is 12.1 Å². The lowest BCUT2D eigenvalue weighted by atomic mass is 10.1. The zero-order chi connectivity index (χ0) is 24.9. The third-order valence-corrected chi connectivity index (χ3v) is 6.16. The van der Waals surface area contributed by atoms with E-state index in [1.807, 2.05) is 0 Å². The SMILES string of the molecule is CS(=O)(=O)N(Cc1ccc(C(=O)NCCc2ccc(F)cc2)cc1)c1cccc(C(F)(F)F)c1. The maximum absolute atomic E-state index is 13.1. The van der Waals surface area contributed by atoms with Crippen molar-refractivity contribution >= 4 is 21.6 Å². The standard InChI is InChI=1S/C24H22F4N2O3S/c1-34(32,33)30(22-4-2-3-20(15-22)24(26,27)28)16-18-5-9-19(10-6-18)23(31)29-14-13-17-7-11-21(25)12-8-17/h2-12,15H,13-14,16H2,1H3,(H,29,31). The van der Waals surface area contributed by atoms with E-state index in [-0.39, 0.29) is 24.0 Å². The van der Waals surface area contributed by atoms with Crippen molar-refractivity contribution in [3.05, 3.63) is 101 Å². The van der Waals surface area contributed by atoms with E-state index in [0.29, 0.717) is 24.1 Å². The number of hydrogen-bond donors (Lipinski definition) is 1. The highest BCUT2D eigenvalue weighted by Crippen LogP contribution is 2.32. The van der Waals surface area contributed by atoms with E-state index in [0.717, 1.165) is 34.3 Å². The van der Waals surface area contributed by atoms with Gasteiger partial charge in [-0.15, -0.1) is 0 Å². The summed E-state index contributed by atoms with van der Waals surface area (Å²) in [4.78, 5) is 12.4. The van der Waals surface area contributed by atoms with E-state index >= 15 is 0 Å². The number of carbonyl (C=O) groups is 1. The molecule has 0 spiro atoms. The molecule has 0 fully saturated rings. The average molecular weight is 495 g/mol. The van der Waals surface area contributed by atoms with Crippen molar-refractivity contribution in [2.45, 2.75) is 19.1 Å². The Morgan fingerprint density at radius 1 is 0.941 bits per heavy atom. The monoisotopic (exact) mass is 494 g/mol. The summed E-state index contributed by atoms with van der Waals surface area (Å²) in [6.07, 6.45) is -3.18. The van der Waals surface area contributed by atoms with Gasteiger partial charge in [-0.2, -0.15) is 13.2 Å². The molecule has 0 bridgehead atoms. The van der Waals surface area contributed by atoms with Crippen molar-refractivity contribution in [3.8, 4) is 0 Å². The van der Waals surface area contributed by atoms with Crippen LogP contribution in [0.15, 0.2) is 72.8 Å². The number of halogens is 4.